The molecular formula is C29H32O5. The van der Waals surface area contributed by atoms with Crippen LogP contribution >= 0.6 is 0 Å². The van der Waals surface area contributed by atoms with Gasteiger partial charge in [0.05, 0.1) is 25.4 Å². The molecule has 4 rings (SSSR count). The van der Waals surface area contributed by atoms with Gasteiger partial charge in [0.15, 0.2) is 0 Å². The summed E-state index contributed by atoms with van der Waals surface area (Å²) in [5.41, 5.74) is 1.78. The largest absolute Gasteiger partial charge is 0.497 e. The molecule has 0 aliphatic heterocycles. The zero-order chi connectivity index (χ0) is 23.8. The molecule has 0 aromatic heterocycles. The average Bonchev–Trinajstić information content (AvgIpc) is 3.24. The number of ether oxygens (including phenoxy) is 4. The maximum atomic E-state index is 12.4. The third-order valence-corrected chi connectivity index (χ3v) is 6.39. The minimum absolute atomic E-state index is 0.180. The molecule has 0 radical (unpaired) electrons. The van der Waals surface area contributed by atoms with Crippen LogP contribution in [0.4, 0.5) is 0 Å². The quantitative estimate of drug-likeness (QED) is 0.276. The molecule has 0 saturated heterocycles. The number of carbonyl (C=O) groups is 1. The van der Waals surface area contributed by atoms with E-state index < -0.39 is 0 Å². The fourth-order valence-corrected chi connectivity index (χ4v) is 4.69. The molecule has 1 aliphatic rings. The Labute approximate surface area is 201 Å². The molecule has 0 bridgehead atoms. The summed E-state index contributed by atoms with van der Waals surface area (Å²) in [6.07, 6.45) is 3.28. The topological polar surface area (TPSA) is 54.0 Å². The summed E-state index contributed by atoms with van der Waals surface area (Å²) in [7, 11) is 1.70. The van der Waals surface area contributed by atoms with E-state index in [0.29, 0.717) is 36.2 Å². The van der Waals surface area contributed by atoms with Gasteiger partial charge in [0.1, 0.15) is 17.2 Å². The van der Waals surface area contributed by atoms with Crippen LogP contribution in [0.3, 0.4) is 0 Å². The van der Waals surface area contributed by atoms with E-state index >= 15 is 0 Å². The minimum Gasteiger partial charge on any atom is -0.497 e. The maximum absolute atomic E-state index is 12.4. The first kappa shape index (κ1) is 23.8. The van der Waals surface area contributed by atoms with Crippen LogP contribution in [0.15, 0.2) is 78.9 Å². The van der Waals surface area contributed by atoms with Crippen LogP contribution in [-0.2, 0) is 11.2 Å². The van der Waals surface area contributed by atoms with Crippen molar-refractivity contribution >= 4 is 5.97 Å². The summed E-state index contributed by atoms with van der Waals surface area (Å²) in [5, 5.41) is 0. The zero-order valence-electron chi connectivity index (χ0n) is 19.8. The molecule has 5 heteroatoms. The van der Waals surface area contributed by atoms with Gasteiger partial charge in [-0.05, 0) is 74.1 Å². The Morgan fingerprint density at radius 1 is 0.882 bits per heavy atom. The monoisotopic (exact) mass is 460 g/mol. The molecular weight excluding hydrogens is 428 g/mol. The van der Waals surface area contributed by atoms with Gasteiger partial charge in [0, 0.05) is 18.6 Å². The van der Waals surface area contributed by atoms with Gasteiger partial charge in [-0.1, -0.05) is 36.4 Å². The van der Waals surface area contributed by atoms with Crippen LogP contribution in [0, 0.1) is 11.8 Å². The Bertz CT molecular complexity index is 1060. The smallest absolute Gasteiger partial charge is 0.343 e. The van der Waals surface area contributed by atoms with Gasteiger partial charge >= 0.3 is 5.97 Å². The lowest BCUT2D eigenvalue weighted by molar-refractivity contribution is 0.0113. The van der Waals surface area contributed by atoms with E-state index in [-0.39, 0.29) is 18.0 Å². The number of hydrogen-bond acceptors (Lipinski definition) is 5. The molecule has 0 heterocycles. The molecule has 1 saturated carbocycles. The van der Waals surface area contributed by atoms with E-state index in [1.54, 1.807) is 31.4 Å². The summed E-state index contributed by atoms with van der Waals surface area (Å²) >= 11 is 0. The molecule has 178 valence electrons. The molecule has 1 aliphatic carbocycles. The van der Waals surface area contributed by atoms with Gasteiger partial charge in [-0.25, -0.2) is 4.79 Å². The highest BCUT2D eigenvalue weighted by Crippen LogP contribution is 2.37. The summed E-state index contributed by atoms with van der Waals surface area (Å²) in [5.74, 6) is 2.38. The zero-order valence-corrected chi connectivity index (χ0v) is 19.8. The first-order valence-electron chi connectivity index (χ1n) is 11.9. The number of carbonyl (C=O) groups excluding carboxylic acids is 1. The first-order chi connectivity index (χ1) is 16.7. The minimum atomic E-state index is -0.386. The van der Waals surface area contributed by atoms with Crippen molar-refractivity contribution in [3.05, 3.63) is 90.0 Å². The van der Waals surface area contributed by atoms with E-state index in [1.807, 2.05) is 49.4 Å². The highest BCUT2D eigenvalue weighted by molar-refractivity contribution is 5.90. The van der Waals surface area contributed by atoms with Gasteiger partial charge in [0.2, 0.25) is 0 Å². The third-order valence-electron chi connectivity index (χ3n) is 6.39. The lowest BCUT2D eigenvalue weighted by atomic mass is 9.89. The Morgan fingerprint density at radius 3 is 2.44 bits per heavy atom. The lowest BCUT2D eigenvalue weighted by Gasteiger charge is -2.25. The summed E-state index contributed by atoms with van der Waals surface area (Å²) in [6.45, 7) is 3.28. The average molecular weight is 461 g/mol. The van der Waals surface area contributed by atoms with Crippen molar-refractivity contribution in [3.63, 3.8) is 0 Å². The van der Waals surface area contributed by atoms with Crippen molar-refractivity contribution < 1.29 is 23.7 Å². The van der Waals surface area contributed by atoms with Crippen molar-refractivity contribution in [2.24, 2.45) is 11.8 Å². The van der Waals surface area contributed by atoms with Crippen LogP contribution in [0.5, 0.6) is 17.2 Å². The van der Waals surface area contributed by atoms with Gasteiger partial charge in [-0.15, -0.1) is 0 Å². The predicted molar refractivity (Wildman–Crippen MR) is 132 cm³/mol. The maximum Gasteiger partial charge on any atom is 0.343 e. The number of rotatable bonds is 10. The second-order valence-corrected chi connectivity index (χ2v) is 8.59. The van der Waals surface area contributed by atoms with Gasteiger partial charge in [-0.2, -0.15) is 0 Å². The summed E-state index contributed by atoms with van der Waals surface area (Å²) in [6, 6.07) is 24.5. The molecule has 1 fully saturated rings. The van der Waals surface area contributed by atoms with Gasteiger partial charge < -0.3 is 18.9 Å². The van der Waals surface area contributed by atoms with Crippen molar-refractivity contribution in [1.29, 1.82) is 0 Å². The second kappa shape index (κ2) is 11.7. The molecule has 3 aromatic rings. The SMILES string of the molecule is CCOC1CC[C@H](Cc2cccc(OC)c2)[C@H]1COc1cccc(OC(=O)c2ccccc2)c1. The second-order valence-electron chi connectivity index (χ2n) is 8.59. The summed E-state index contributed by atoms with van der Waals surface area (Å²) < 4.78 is 23.2. The normalized spacial score (nSPS) is 19.5. The highest BCUT2D eigenvalue weighted by Gasteiger charge is 2.37. The van der Waals surface area contributed by atoms with Crippen molar-refractivity contribution in [3.8, 4) is 17.2 Å². The van der Waals surface area contributed by atoms with Crippen LogP contribution in [0.1, 0.15) is 35.7 Å². The standard InChI is InChI=1S/C29H32O5/c1-3-32-28-16-15-23(17-21-9-7-12-24(18-21)31-2)27(28)20-33-25-13-8-14-26(19-25)34-29(30)22-10-5-4-6-11-22/h4-14,18-19,23,27-28H,3,15-17,20H2,1-2H3/t23-,27-,28?/m1/s1. The van der Waals surface area contributed by atoms with E-state index in [2.05, 4.69) is 12.1 Å². The molecule has 0 amide bonds. The number of hydrogen-bond donors (Lipinski definition) is 0. The molecule has 3 atom stereocenters. The van der Waals surface area contributed by atoms with Crippen molar-refractivity contribution in [1.82, 2.24) is 0 Å². The van der Waals surface area contributed by atoms with E-state index in [9.17, 15) is 4.79 Å². The van der Waals surface area contributed by atoms with E-state index in [1.165, 1.54) is 5.56 Å². The van der Waals surface area contributed by atoms with Crippen LogP contribution in [0.2, 0.25) is 0 Å². The fraction of sp³-hybridized carbons (Fsp3) is 0.345. The van der Waals surface area contributed by atoms with Crippen molar-refractivity contribution in [2.75, 3.05) is 20.3 Å². The predicted octanol–water partition coefficient (Wildman–Crippen LogP) is 5.97. The fourth-order valence-electron chi connectivity index (χ4n) is 4.69. The van der Waals surface area contributed by atoms with Crippen LogP contribution < -0.4 is 14.2 Å². The van der Waals surface area contributed by atoms with Crippen LogP contribution in [-0.4, -0.2) is 32.4 Å². The molecule has 0 spiro atoms. The van der Waals surface area contributed by atoms with E-state index in [4.69, 9.17) is 18.9 Å². The van der Waals surface area contributed by atoms with E-state index in [0.717, 1.165) is 25.0 Å². The number of benzene rings is 3. The Kier molecular flexibility index (Phi) is 8.21. The third kappa shape index (κ3) is 6.17. The Morgan fingerprint density at radius 2 is 1.65 bits per heavy atom. The van der Waals surface area contributed by atoms with Gasteiger partial charge in [-0.3, -0.25) is 0 Å². The molecule has 34 heavy (non-hydrogen) atoms. The number of esters is 1. The lowest BCUT2D eigenvalue weighted by Crippen LogP contribution is -2.29. The number of methoxy groups -OCH3 is 1. The molecule has 3 aromatic carbocycles. The Hall–Kier alpha value is -3.31. The molecule has 0 N–H and O–H groups in total. The first-order valence-corrected chi connectivity index (χ1v) is 11.9. The summed E-state index contributed by atoms with van der Waals surface area (Å²) in [4.78, 5) is 12.4. The Balaban J connectivity index is 1.41. The van der Waals surface area contributed by atoms with Crippen molar-refractivity contribution in [2.45, 2.75) is 32.3 Å². The van der Waals surface area contributed by atoms with Crippen LogP contribution in [0.25, 0.3) is 0 Å². The van der Waals surface area contributed by atoms with Gasteiger partial charge in [0.25, 0.3) is 0 Å². The molecule has 1 unspecified atom stereocenters. The highest BCUT2D eigenvalue weighted by atomic mass is 16.5. The molecule has 5 nitrogen and oxygen atoms in total.